The van der Waals surface area contributed by atoms with Crippen molar-refractivity contribution >= 4 is 21.6 Å². The predicted molar refractivity (Wildman–Crippen MR) is 96.2 cm³/mol. The zero-order chi connectivity index (χ0) is 17.7. The Labute approximate surface area is 144 Å². The van der Waals surface area contributed by atoms with E-state index in [0.29, 0.717) is 18.5 Å². The average molecular weight is 353 g/mol. The minimum Gasteiger partial charge on any atom is -0.360 e. The third kappa shape index (κ3) is 4.47. The van der Waals surface area contributed by atoms with Crippen LogP contribution in [0.4, 0.5) is 5.82 Å². The van der Waals surface area contributed by atoms with Gasteiger partial charge in [-0.15, -0.1) is 0 Å². The maximum atomic E-state index is 12.7. The van der Waals surface area contributed by atoms with Gasteiger partial charge in [-0.3, -0.25) is 4.79 Å². The summed E-state index contributed by atoms with van der Waals surface area (Å²) in [6.45, 7) is 5.45. The third-order valence-electron chi connectivity index (χ3n) is 4.48. The van der Waals surface area contributed by atoms with Gasteiger partial charge in [0.15, 0.2) is 9.84 Å². The SMILES string of the molecule is CCCCN(C)c1ccc(C(=O)N(CC)C2CCS(=O)(=O)C2)cn1. The van der Waals surface area contributed by atoms with Gasteiger partial charge in [-0.05, 0) is 31.9 Å². The van der Waals surface area contributed by atoms with Crippen LogP contribution in [0.25, 0.3) is 0 Å². The van der Waals surface area contributed by atoms with Crippen LogP contribution in [-0.2, 0) is 9.84 Å². The van der Waals surface area contributed by atoms with Crippen LogP contribution in [0.3, 0.4) is 0 Å². The van der Waals surface area contributed by atoms with Gasteiger partial charge in [0, 0.05) is 32.4 Å². The molecule has 1 fully saturated rings. The molecule has 2 heterocycles. The second-order valence-electron chi connectivity index (χ2n) is 6.33. The summed E-state index contributed by atoms with van der Waals surface area (Å²) in [7, 11) is -1.02. The van der Waals surface area contributed by atoms with Crippen LogP contribution in [0.15, 0.2) is 18.3 Å². The molecule has 0 aliphatic carbocycles. The molecule has 1 unspecified atom stereocenters. The Morgan fingerprint density at radius 3 is 2.58 bits per heavy atom. The molecule has 6 nitrogen and oxygen atoms in total. The molecule has 1 aromatic heterocycles. The molecular weight excluding hydrogens is 326 g/mol. The van der Waals surface area contributed by atoms with Crippen molar-refractivity contribution in [3.05, 3.63) is 23.9 Å². The van der Waals surface area contributed by atoms with Crippen LogP contribution in [0, 0.1) is 0 Å². The third-order valence-corrected chi connectivity index (χ3v) is 6.23. The number of pyridine rings is 1. The van der Waals surface area contributed by atoms with Crippen molar-refractivity contribution in [2.24, 2.45) is 0 Å². The number of carbonyl (C=O) groups is 1. The summed E-state index contributed by atoms with van der Waals surface area (Å²) in [5, 5.41) is 0. The predicted octanol–water partition coefficient (Wildman–Crippen LogP) is 1.97. The number of aromatic nitrogens is 1. The fourth-order valence-corrected chi connectivity index (χ4v) is 4.73. The van der Waals surface area contributed by atoms with Gasteiger partial charge in [-0.25, -0.2) is 13.4 Å². The smallest absolute Gasteiger partial charge is 0.255 e. The van der Waals surface area contributed by atoms with Gasteiger partial charge in [0.05, 0.1) is 17.1 Å². The molecule has 134 valence electrons. The monoisotopic (exact) mass is 353 g/mol. The molecule has 1 atom stereocenters. The Morgan fingerprint density at radius 2 is 2.08 bits per heavy atom. The molecule has 24 heavy (non-hydrogen) atoms. The zero-order valence-electron chi connectivity index (χ0n) is 14.7. The van der Waals surface area contributed by atoms with Crippen molar-refractivity contribution in [2.75, 3.05) is 36.5 Å². The molecule has 7 heteroatoms. The molecule has 0 bridgehead atoms. The molecular formula is C17H27N3O3S. The molecule has 0 saturated carbocycles. The topological polar surface area (TPSA) is 70.6 Å². The van der Waals surface area contributed by atoms with E-state index in [-0.39, 0.29) is 23.5 Å². The van der Waals surface area contributed by atoms with Crippen molar-refractivity contribution in [3.8, 4) is 0 Å². The van der Waals surface area contributed by atoms with E-state index in [0.717, 1.165) is 25.2 Å². The molecule has 1 aliphatic heterocycles. The summed E-state index contributed by atoms with van der Waals surface area (Å²) >= 11 is 0. The normalized spacial score (nSPS) is 19.2. The summed E-state index contributed by atoms with van der Waals surface area (Å²) < 4.78 is 23.3. The molecule has 1 amide bonds. The number of hydrogen-bond acceptors (Lipinski definition) is 5. The van der Waals surface area contributed by atoms with Gasteiger partial charge in [-0.2, -0.15) is 0 Å². The summed E-state index contributed by atoms with van der Waals surface area (Å²) in [5.74, 6) is 0.931. The van der Waals surface area contributed by atoms with Crippen LogP contribution in [0.2, 0.25) is 0 Å². The van der Waals surface area contributed by atoms with Crippen LogP contribution in [0.5, 0.6) is 0 Å². The van der Waals surface area contributed by atoms with E-state index in [1.807, 2.05) is 20.0 Å². The standard InChI is InChI=1S/C17H27N3O3S/c1-4-6-10-19(3)16-8-7-14(12-18-16)17(21)20(5-2)15-9-11-24(22,23)13-15/h7-8,12,15H,4-6,9-11,13H2,1-3H3. The van der Waals surface area contributed by atoms with Crippen molar-refractivity contribution in [1.29, 1.82) is 0 Å². The molecule has 1 saturated heterocycles. The highest BCUT2D eigenvalue weighted by molar-refractivity contribution is 7.91. The summed E-state index contributed by atoms with van der Waals surface area (Å²) in [5.41, 5.74) is 0.508. The highest BCUT2D eigenvalue weighted by atomic mass is 32.2. The first kappa shape index (κ1) is 18.7. The van der Waals surface area contributed by atoms with E-state index in [1.165, 1.54) is 0 Å². The minimum absolute atomic E-state index is 0.0673. The van der Waals surface area contributed by atoms with Gasteiger partial charge >= 0.3 is 0 Å². The lowest BCUT2D eigenvalue weighted by Crippen LogP contribution is -2.41. The van der Waals surface area contributed by atoms with Crippen molar-refractivity contribution in [3.63, 3.8) is 0 Å². The lowest BCUT2D eigenvalue weighted by molar-refractivity contribution is 0.0708. The Morgan fingerprint density at radius 1 is 1.33 bits per heavy atom. The minimum atomic E-state index is -3.01. The largest absolute Gasteiger partial charge is 0.360 e. The van der Waals surface area contributed by atoms with Crippen LogP contribution < -0.4 is 4.90 Å². The second-order valence-corrected chi connectivity index (χ2v) is 8.56. The lowest BCUT2D eigenvalue weighted by Gasteiger charge is -2.27. The molecule has 1 aromatic rings. The number of unbranched alkanes of at least 4 members (excludes halogenated alkanes) is 1. The number of rotatable bonds is 7. The molecule has 2 rings (SSSR count). The Hall–Kier alpha value is -1.63. The first-order valence-electron chi connectivity index (χ1n) is 8.56. The van der Waals surface area contributed by atoms with E-state index in [1.54, 1.807) is 17.2 Å². The molecule has 0 radical (unpaired) electrons. The Balaban J connectivity index is 2.08. The Bertz CT molecular complexity index is 658. The number of amides is 1. The highest BCUT2D eigenvalue weighted by Crippen LogP contribution is 2.20. The number of nitrogens with zero attached hydrogens (tertiary/aromatic N) is 3. The van der Waals surface area contributed by atoms with Crippen LogP contribution >= 0.6 is 0 Å². The zero-order valence-corrected chi connectivity index (χ0v) is 15.6. The molecule has 0 aromatic carbocycles. The van der Waals surface area contributed by atoms with Crippen molar-refractivity contribution in [1.82, 2.24) is 9.88 Å². The highest BCUT2D eigenvalue weighted by Gasteiger charge is 2.34. The molecule has 0 N–H and O–H groups in total. The average Bonchev–Trinajstić information content (AvgIpc) is 2.93. The fraction of sp³-hybridized carbons (Fsp3) is 0.647. The summed E-state index contributed by atoms with van der Waals surface area (Å²) in [6, 6.07) is 3.40. The quantitative estimate of drug-likeness (QED) is 0.749. The molecule has 0 spiro atoms. The van der Waals surface area contributed by atoms with E-state index in [4.69, 9.17) is 0 Å². The van der Waals surface area contributed by atoms with Gasteiger partial charge in [0.1, 0.15) is 5.82 Å². The van der Waals surface area contributed by atoms with Gasteiger partial charge < -0.3 is 9.80 Å². The fourth-order valence-electron chi connectivity index (χ4n) is 3.00. The first-order valence-corrected chi connectivity index (χ1v) is 10.4. The van der Waals surface area contributed by atoms with Gasteiger partial charge in [0.2, 0.25) is 0 Å². The number of carbonyl (C=O) groups excluding carboxylic acids is 1. The van der Waals surface area contributed by atoms with E-state index < -0.39 is 9.84 Å². The van der Waals surface area contributed by atoms with Gasteiger partial charge in [-0.1, -0.05) is 13.3 Å². The Kier molecular flexibility index (Phi) is 6.21. The lowest BCUT2D eigenvalue weighted by atomic mass is 10.1. The van der Waals surface area contributed by atoms with Crippen LogP contribution in [0.1, 0.15) is 43.5 Å². The summed E-state index contributed by atoms with van der Waals surface area (Å²) in [6.07, 6.45) is 4.33. The molecule has 1 aliphatic rings. The number of anilines is 1. The number of sulfone groups is 1. The van der Waals surface area contributed by atoms with Crippen molar-refractivity contribution in [2.45, 2.75) is 39.2 Å². The van der Waals surface area contributed by atoms with Gasteiger partial charge in [0.25, 0.3) is 5.91 Å². The summed E-state index contributed by atoms with van der Waals surface area (Å²) in [4.78, 5) is 20.8. The second kappa shape index (κ2) is 7.96. The van der Waals surface area contributed by atoms with E-state index >= 15 is 0 Å². The van der Waals surface area contributed by atoms with Crippen molar-refractivity contribution < 1.29 is 13.2 Å². The van der Waals surface area contributed by atoms with Crippen LogP contribution in [-0.4, -0.2) is 61.9 Å². The van der Waals surface area contributed by atoms with E-state index in [2.05, 4.69) is 16.8 Å². The number of hydrogen-bond donors (Lipinski definition) is 0. The van der Waals surface area contributed by atoms with E-state index in [9.17, 15) is 13.2 Å². The maximum Gasteiger partial charge on any atom is 0.255 e. The maximum absolute atomic E-state index is 12.7. The first-order chi connectivity index (χ1) is 11.4.